The van der Waals surface area contributed by atoms with E-state index in [0.29, 0.717) is 11.8 Å². The molecule has 2 rings (SSSR count). The lowest BCUT2D eigenvalue weighted by atomic mass is 9.79. The van der Waals surface area contributed by atoms with Gasteiger partial charge in [-0.2, -0.15) is 0 Å². The zero-order valence-corrected chi connectivity index (χ0v) is 12.7. The summed E-state index contributed by atoms with van der Waals surface area (Å²) in [5.41, 5.74) is 7.87. The van der Waals surface area contributed by atoms with E-state index in [1.54, 1.807) is 0 Å². The largest absolute Gasteiger partial charge is 0.338 e. The van der Waals surface area contributed by atoms with E-state index in [1.165, 1.54) is 5.56 Å². The molecule has 0 amide bonds. The molecule has 0 fully saturated rings. The van der Waals surface area contributed by atoms with Crippen LogP contribution in [0.3, 0.4) is 0 Å². The lowest BCUT2D eigenvalue weighted by Gasteiger charge is -2.29. The molecule has 3 heteroatoms. The molecule has 3 atom stereocenters. The van der Waals surface area contributed by atoms with Crippen molar-refractivity contribution in [3.8, 4) is 0 Å². The van der Waals surface area contributed by atoms with Gasteiger partial charge in [-0.25, -0.2) is 4.98 Å². The summed E-state index contributed by atoms with van der Waals surface area (Å²) in [4.78, 5) is 4.40. The monoisotopic (exact) mass is 271 g/mol. The first-order chi connectivity index (χ1) is 9.63. The third-order valence-electron chi connectivity index (χ3n) is 4.24. The number of benzene rings is 1. The summed E-state index contributed by atoms with van der Waals surface area (Å²) in [5, 5.41) is 0. The minimum atomic E-state index is 0.0912. The van der Waals surface area contributed by atoms with Gasteiger partial charge in [0.05, 0.1) is 0 Å². The van der Waals surface area contributed by atoms with Gasteiger partial charge in [0.25, 0.3) is 0 Å². The molecule has 0 radical (unpaired) electrons. The number of hydrogen-bond donors (Lipinski definition) is 1. The summed E-state index contributed by atoms with van der Waals surface area (Å²) in [6.45, 7) is 4.52. The van der Waals surface area contributed by atoms with E-state index < -0.39 is 0 Å². The van der Waals surface area contributed by atoms with Crippen molar-refractivity contribution in [3.63, 3.8) is 0 Å². The fourth-order valence-electron chi connectivity index (χ4n) is 2.86. The highest BCUT2D eigenvalue weighted by molar-refractivity contribution is 5.22. The number of nitrogens with two attached hydrogens (primary N) is 1. The van der Waals surface area contributed by atoms with E-state index in [-0.39, 0.29) is 6.04 Å². The Morgan fingerprint density at radius 3 is 2.50 bits per heavy atom. The Morgan fingerprint density at radius 2 is 1.95 bits per heavy atom. The number of imidazole rings is 1. The fraction of sp³-hybridized carbons (Fsp3) is 0.471. The van der Waals surface area contributed by atoms with E-state index in [4.69, 9.17) is 5.73 Å². The van der Waals surface area contributed by atoms with Crippen molar-refractivity contribution in [2.24, 2.45) is 18.7 Å². The Balaban J connectivity index is 2.21. The van der Waals surface area contributed by atoms with Crippen molar-refractivity contribution >= 4 is 0 Å². The molecule has 3 nitrogen and oxygen atoms in total. The van der Waals surface area contributed by atoms with Crippen molar-refractivity contribution in [1.29, 1.82) is 0 Å². The average Bonchev–Trinajstić information content (AvgIpc) is 2.85. The Kier molecular flexibility index (Phi) is 4.96. The van der Waals surface area contributed by atoms with Crippen molar-refractivity contribution in [2.75, 3.05) is 0 Å². The van der Waals surface area contributed by atoms with Gasteiger partial charge >= 0.3 is 0 Å². The molecule has 1 aromatic heterocycles. The minimum absolute atomic E-state index is 0.0912. The maximum atomic E-state index is 6.53. The zero-order valence-electron chi connectivity index (χ0n) is 12.7. The summed E-state index contributed by atoms with van der Waals surface area (Å²) in [6, 6.07) is 10.7. The number of rotatable bonds is 6. The standard InChI is InChI=1S/C17H25N3/c1-4-13(2)17(14-8-6-5-7-9-14)15(18)12-16-19-10-11-20(16)3/h5-11,13,15,17H,4,12,18H2,1-3H3. The van der Waals surface area contributed by atoms with Crippen LogP contribution in [0.5, 0.6) is 0 Å². The van der Waals surface area contributed by atoms with Crippen LogP contribution < -0.4 is 5.73 Å². The third-order valence-corrected chi connectivity index (χ3v) is 4.24. The van der Waals surface area contributed by atoms with Gasteiger partial charge in [0.2, 0.25) is 0 Å². The first-order valence-electron chi connectivity index (χ1n) is 7.40. The van der Waals surface area contributed by atoms with Gasteiger partial charge in [0, 0.05) is 37.8 Å². The number of hydrogen-bond acceptors (Lipinski definition) is 2. The molecule has 108 valence electrons. The van der Waals surface area contributed by atoms with Gasteiger partial charge in [-0.3, -0.25) is 0 Å². The van der Waals surface area contributed by atoms with Gasteiger partial charge in [0.15, 0.2) is 0 Å². The molecule has 0 saturated heterocycles. The molecule has 3 unspecified atom stereocenters. The van der Waals surface area contributed by atoms with Crippen molar-refractivity contribution in [1.82, 2.24) is 9.55 Å². The van der Waals surface area contributed by atoms with E-state index in [1.807, 2.05) is 19.4 Å². The molecule has 0 spiro atoms. The summed E-state index contributed by atoms with van der Waals surface area (Å²) in [7, 11) is 2.02. The Labute approximate surface area is 121 Å². The van der Waals surface area contributed by atoms with E-state index >= 15 is 0 Å². The molecule has 1 aromatic carbocycles. The van der Waals surface area contributed by atoms with Crippen LogP contribution in [-0.2, 0) is 13.5 Å². The number of aryl methyl sites for hydroxylation is 1. The molecular weight excluding hydrogens is 246 g/mol. The maximum Gasteiger partial charge on any atom is 0.109 e. The Bertz CT molecular complexity index is 518. The van der Waals surface area contributed by atoms with Crippen LogP contribution in [0, 0.1) is 5.92 Å². The quantitative estimate of drug-likeness (QED) is 0.877. The van der Waals surface area contributed by atoms with Crippen LogP contribution in [0.4, 0.5) is 0 Å². The molecular formula is C17H25N3. The van der Waals surface area contributed by atoms with E-state index in [0.717, 1.165) is 18.7 Å². The summed E-state index contributed by atoms with van der Waals surface area (Å²) in [6.07, 6.45) is 5.76. The zero-order chi connectivity index (χ0) is 14.5. The van der Waals surface area contributed by atoms with Gasteiger partial charge in [0.1, 0.15) is 5.82 Å². The summed E-state index contributed by atoms with van der Waals surface area (Å²) < 4.78 is 2.05. The second-order valence-electron chi connectivity index (χ2n) is 5.64. The summed E-state index contributed by atoms with van der Waals surface area (Å²) >= 11 is 0. The highest BCUT2D eigenvalue weighted by Gasteiger charge is 2.25. The first kappa shape index (κ1) is 14.8. The highest BCUT2D eigenvalue weighted by atomic mass is 15.0. The molecule has 0 aliphatic heterocycles. The first-order valence-corrected chi connectivity index (χ1v) is 7.40. The van der Waals surface area contributed by atoms with Crippen LogP contribution in [0.25, 0.3) is 0 Å². The number of nitrogens with zero attached hydrogens (tertiary/aromatic N) is 2. The molecule has 0 bridgehead atoms. The number of aromatic nitrogens is 2. The SMILES string of the molecule is CCC(C)C(c1ccccc1)C(N)Cc1nccn1C. The van der Waals surface area contributed by atoms with Gasteiger partial charge in [-0.05, 0) is 11.5 Å². The Morgan fingerprint density at radius 1 is 1.25 bits per heavy atom. The minimum Gasteiger partial charge on any atom is -0.338 e. The van der Waals surface area contributed by atoms with E-state index in [9.17, 15) is 0 Å². The molecule has 0 aliphatic carbocycles. The molecule has 20 heavy (non-hydrogen) atoms. The molecule has 2 N–H and O–H groups in total. The molecule has 2 aromatic rings. The lowest BCUT2D eigenvalue weighted by molar-refractivity contribution is 0.375. The average molecular weight is 271 g/mol. The highest BCUT2D eigenvalue weighted by Crippen LogP contribution is 2.30. The smallest absolute Gasteiger partial charge is 0.109 e. The van der Waals surface area contributed by atoms with Crippen LogP contribution >= 0.6 is 0 Å². The van der Waals surface area contributed by atoms with Gasteiger partial charge in [-0.15, -0.1) is 0 Å². The second-order valence-corrected chi connectivity index (χ2v) is 5.64. The summed E-state index contributed by atoms with van der Waals surface area (Å²) in [5.74, 6) is 1.99. The fourth-order valence-corrected chi connectivity index (χ4v) is 2.86. The van der Waals surface area contributed by atoms with Crippen LogP contribution in [-0.4, -0.2) is 15.6 Å². The maximum absolute atomic E-state index is 6.53. The van der Waals surface area contributed by atoms with Crippen LogP contribution in [0.1, 0.15) is 37.6 Å². The van der Waals surface area contributed by atoms with Crippen molar-refractivity contribution in [2.45, 2.75) is 38.6 Å². The van der Waals surface area contributed by atoms with E-state index in [2.05, 4.69) is 53.7 Å². The Hall–Kier alpha value is -1.61. The molecule has 1 heterocycles. The molecule has 0 aliphatic rings. The normalized spacial score (nSPS) is 15.8. The predicted octanol–water partition coefficient (Wildman–Crippen LogP) is 3.12. The predicted molar refractivity (Wildman–Crippen MR) is 83.5 cm³/mol. The third kappa shape index (κ3) is 3.28. The van der Waals surface area contributed by atoms with Crippen molar-refractivity contribution in [3.05, 3.63) is 54.1 Å². The van der Waals surface area contributed by atoms with Crippen LogP contribution in [0.2, 0.25) is 0 Å². The van der Waals surface area contributed by atoms with Crippen LogP contribution in [0.15, 0.2) is 42.7 Å². The van der Waals surface area contributed by atoms with Gasteiger partial charge < -0.3 is 10.3 Å². The lowest BCUT2D eigenvalue weighted by Crippen LogP contribution is -2.35. The second kappa shape index (κ2) is 6.71. The molecule has 0 saturated carbocycles. The van der Waals surface area contributed by atoms with Gasteiger partial charge in [-0.1, -0.05) is 50.6 Å². The topological polar surface area (TPSA) is 43.8 Å². The van der Waals surface area contributed by atoms with Crippen molar-refractivity contribution < 1.29 is 0 Å².